The monoisotopic (exact) mass is 337 g/mol. The van der Waals surface area contributed by atoms with Crippen LogP contribution in [0.1, 0.15) is 0 Å². The zero-order valence-electron chi connectivity index (χ0n) is 13.3. The molecular formula is C19H13F2N3O. The maximum atomic E-state index is 13.6. The van der Waals surface area contributed by atoms with Crippen LogP contribution >= 0.6 is 0 Å². The summed E-state index contributed by atoms with van der Waals surface area (Å²) in [6.45, 7) is 0. The second kappa shape index (κ2) is 5.98. The smallest absolute Gasteiger partial charge is 0.213 e. The molecule has 0 spiro atoms. The number of pyridine rings is 2. The molecule has 3 heterocycles. The zero-order valence-corrected chi connectivity index (χ0v) is 13.3. The zero-order chi connectivity index (χ0) is 17.4. The van der Waals surface area contributed by atoms with Crippen molar-refractivity contribution in [2.45, 2.75) is 0 Å². The van der Waals surface area contributed by atoms with Gasteiger partial charge in [0.15, 0.2) is 0 Å². The number of methoxy groups -OCH3 is 1. The molecule has 4 rings (SSSR count). The lowest BCUT2D eigenvalue weighted by atomic mass is 10.0. The number of hydrogen-bond acceptors (Lipinski definition) is 3. The third-order valence-corrected chi connectivity index (χ3v) is 3.94. The van der Waals surface area contributed by atoms with E-state index in [1.165, 1.54) is 28.9 Å². The second-order valence-electron chi connectivity index (χ2n) is 5.49. The molecule has 3 aromatic heterocycles. The fraction of sp³-hybridized carbons (Fsp3) is 0.0526. The lowest BCUT2D eigenvalue weighted by Gasteiger charge is -2.06. The highest BCUT2D eigenvalue weighted by Gasteiger charge is 2.17. The molecule has 0 bridgehead atoms. The second-order valence-corrected chi connectivity index (χ2v) is 5.49. The molecule has 0 atom stereocenters. The summed E-state index contributed by atoms with van der Waals surface area (Å²) in [7, 11) is 1.54. The van der Waals surface area contributed by atoms with Gasteiger partial charge < -0.3 is 4.74 Å². The fourth-order valence-corrected chi connectivity index (χ4v) is 2.79. The first kappa shape index (κ1) is 15.3. The minimum Gasteiger partial charge on any atom is -0.481 e. The molecule has 0 fully saturated rings. The molecule has 0 aliphatic carbocycles. The molecule has 0 saturated carbocycles. The largest absolute Gasteiger partial charge is 0.481 e. The van der Waals surface area contributed by atoms with Crippen molar-refractivity contribution in [3.05, 3.63) is 72.6 Å². The molecule has 0 radical (unpaired) electrons. The molecule has 0 N–H and O–H groups in total. The van der Waals surface area contributed by atoms with E-state index in [0.717, 1.165) is 22.2 Å². The van der Waals surface area contributed by atoms with Gasteiger partial charge in [-0.1, -0.05) is 0 Å². The standard InChI is InChI=1S/C19H13F2N3O/c1-25-17-10-13(8-9-22-17)18-16-7-6-15(21)11-24(16)23-19(18)12-2-4-14(20)5-3-12/h2-11H,1H3. The van der Waals surface area contributed by atoms with Crippen LogP contribution in [0, 0.1) is 11.6 Å². The number of fused-ring (bicyclic) bond motifs is 1. The van der Waals surface area contributed by atoms with Gasteiger partial charge in [-0.25, -0.2) is 18.3 Å². The van der Waals surface area contributed by atoms with Crippen molar-refractivity contribution in [2.75, 3.05) is 7.11 Å². The van der Waals surface area contributed by atoms with Crippen LogP contribution in [0.15, 0.2) is 60.9 Å². The molecular weight excluding hydrogens is 324 g/mol. The Labute approximate surface area is 142 Å². The first-order valence-corrected chi connectivity index (χ1v) is 7.60. The Balaban J connectivity index is 2.02. The molecule has 0 unspecified atom stereocenters. The number of benzene rings is 1. The average molecular weight is 337 g/mol. The van der Waals surface area contributed by atoms with Gasteiger partial charge in [0, 0.05) is 23.4 Å². The van der Waals surface area contributed by atoms with Gasteiger partial charge in [-0.3, -0.25) is 0 Å². The van der Waals surface area contributed by atoms with E-state index < -0.39 is 0 Å². The molecule has 4 nitrogen and oxygen atoms in total. The average Bonchev–Trinajstić information content (AvgIpc) is 3.00. The van der Waals surface area contributed by atoms with Crippen LogP contribution in [-0.4, -0.2) is 21.7 Å². The maximum absolute atomic E-state index is 13.6. The Bertz CT molecular complexity index is 1060. The van der Waals surface area contributed by atoms with Gasteiger partial charge in [0.1, 0.15) is 17.3 Å². The SMILES string of the molecule is COc1cc(-c2c(-c3ccc(F)cc3)nn3cc(F)ccc23)ccn1. The minimum absolute atomic E-state index is 0.328. The van der Waals surface area contributed by atoms with E-state index in [-0.39, 0.29) is 11.6 Å². The summed E-state index contributed by atoms with van der Waals surface area (Å²) in [4.78, 5) is 4.12. The summed E-state index contributed by atoms with van der Waals surface area (Å²) in [5.41, 5.74) is 3.71. The van der Waals surface area contributed by atoms with Gasteiger partial charge >= 0.3 is 0 Å². The predicted molar refractivity (Wildman–Crippen MR) is 90.3 cm³/mol. The Hall–Kier alpha value is -3.28. The molecule has 124 valence electrons. The van der Waals surface area contributed by atoms with Crippen molar-refractivity contribution in [1.29, 1.82) is 0 Å². The summed E-state index contributed by atoms with van der Waals surface area (Å²) < 4.78 is 33.6. The molecule has 0 saturated heterocycles. The predicted octanol–water partition coefficient (Wildman–Crippen LogP) is 4.35. The normalized spacial score (nSPS) is 11.0. The van der Waals surface area contributed by atoms with E-state index in [1.807, 2.05) is 6.07 Å². The van der Waals surface area contributed by atoms with Crippen molar-refractivity contribution in [3.8, 4) is 28.3 Å². The molecule has 0 amide bonds. The first-order chi connectivity index (χ1) is 12.2. The first-order valence-electron chi connectivity index (χ1n) is 7.60. The molecule has 25 heavy (non-hydrogen) atoms. The van der Waals surface area contributed by atoms with E-state index in [4.69, 9.17) is 4.74 Å². The number of halogens is 2. The summed E-state index contributed by atoms with van der Waals surface area (Å²) in [6.07, 6.45) is 2.94. The van der Waals surface area contributed by atoms with Gasteiger partial charge in [-0.2, -0.15) is 5.10 Å². The van der Waals surface area contributed by atoms with Crippen molar-refractivity contribution >= 4 is 5.52 Å². The summed E-state index contributed by atoms with van der Waals surface area (Å²) in [5, 5.41) is 4.50. The van der Waals surface area contributed by atoms with Crippen LogP contribution in [-0.2, 0) is 0 Å². The highest BCUT2D eigenvalue weighted by atomic mass is 19.1. The number of nitrogens with zero attached hydrogens (tertiary/aromatic N) is 3. The minimum atomic E-state index is -0.389. The lowest BCUT2D eigenvalue weighted by molar-refractivity contribution is 0.398. The highest BCUT2D eigenvalue weighted by molar-refractivity contribution is 5.92. The van der Waals surface area contributed by atoms with Crippen LogP contribution in [0.5, 0.6) is 5.88 Å². The Kier molecular flexibility index (Phi) is 3.65. The third kappa shape index (κ3) is 2.71. The number of aromatic nitrogens is 3. The van der Waals surface area contributed by atoms with Gasteiger partial charge in [-0.15, -0.1) is 0 Å². The molecule has 0 aliphatic rings. The van der Waals surface area contributed by atoms with Crippen LogP contribution in [0.2, 0.25) is 0 Å². The van der Waals surface area contributed by atoms with Crippen LogP contribution in [0.25, 0.3) is 27.9 Å². The van der Waals surface area contributed by atoms with E-state index >= 15 is 0 Å². The van der Waals surface area contributed by atoms with Gasteiger partial charge in [0.25, 0.3) is 0 Å². The summed E-state index contributed by atoms with van der Waals surface area (Å²) >= 11 is 0. The fourth-order valence-electron chi connectivity index (χ4n) is 2.79. The number of rotatable bonds is 3. The molecule has 0 aliphatic heterocycles. The summed E-state index contributed by atoms with van der Waals surface area (Å²) in [6, 6.07) is 12.7. The Morgan fingerprint density at radius 1 is 0.920 bits per heavy atom. The highest BCUT2D eigenvalue weighted by Crippen LogP contribution is 2.36. The van der Waals surface area contributed by atoms with E-state index in [1.54, 1.807) is 37.6 Å². The summed E-state index contributed by atoms with van der Waals surface area (Å²) in [5.74, 6) is -0.255. The van der Waals surface area contributed by atoms with Crippen LogP contribution in [0.3, 0.4) is 0 Å². The third-order valence-electron chi connectivity index (χ3n) is 3.94. The lowest BCUT2D eigenvalue weighted by Crippen LogP contribution is -1.89. The van der Waals surface area contributed by atoms with E-state index in [2.05, 4.69) is 10.1 Å². The Morgan fingerprint density at radius 3 is 2.44 bits per heavy atom. The quantitative estimate of drug-likeness (QED) is 0.558. The molecule has 4 aromatic rings. The number of hydrogen-bond donors (Lipinski definition) is 0. The van der Waals surface area contributed by atoms with E-state index in [9.17, 15) is 8.78 Å². The van der Waals surface area contributed by atoms with Gasteiger partial charge in [-0.05, 0) is 48.0 Å². The molecule has 6 heteroatoms. The molecule has 1 aromatic carbocycles. The van der Waals surface area contributed by atoms with Gasteiger partial charge in [0.05, 0.1) is 18.8 Å². The van der Waals surface area contributed by atoms with Crippen LogP contribution < -0.4 is 4.74 Å². The number of ether oxygens (including phenoxy) is 1. The van der Waals surface area contributed by atoms with Crippen molar-refractivity contribution in [3.63, 3.8) is 0 Å². The van der Waals surface area contributed by atoms with Crippen molar-refractivity contribution < 1.29 is 13.5 Å². The van der Waals surface area contributed by atoms with Crippen LogP contribution in [0.4, 0.5) is 8.78 Å². The Morgan fingerprint density at radius 2 is 1.68 bits per heavy atom. The van der Waals surface area contributed by atoms with Crippen molar-refractivity contribution in [2.24, 2.45) is 0 Å². The van der Waals surface area contributed by atoms with Crippen molar-refractivity contribution in [1.82, 2.24) is 14.6 Å². The topological polar surface area (TPSA) is 39.4 Å². The van der Waals surface area contributed by atoms with E-state index in [0.29, 0.717) is 11.6 Å². The maximum Gasteiger partial charge on any atom is 0.213 e. The van der Waals surface area contributed by atoms with Gasteiger partial charge in [0.2, 0.25) is 5.88 Å².